The Hall–Kier alpha value is -1.25. The van der Waals surface area contributed by atoms with Gasteiger partial charge in [-0.25, -0.2) is 0 Å². The molecule has 0 aliphatic carbocycles. The minimum Gasteiger partial charge on any atom is -1.00 e. The average Bonchev–Trinajstić information content (AvgIpc) is 2.16. The molecule has 0 unspecified atom stereocenters. The number of non-ortho nitro benzene ring substituents is 1. The molecule has 0 heterocycles. The van der Waals surface area contributed by atoms with Crippen molar-refractivity contribution in [1.29, 1.82) is 0 Å². The summed E-state index contributed by atoms with van der Waals surface area (Å²) in [5, 5.41) is 40.2. The molecule has 11 nitrogen and oxygen atoms in total. The number of nitro groups is 3. The summed E-state index contributed by atoms with van der Waals surface area (Å²) < 4.78 is 0. The molecule has 0 aliphatic heterocycles. The van der Waals surface area contributed by atoms with E-state index in [0.29, 0.717) is 12.1 Å². The standard InChI is InChI=1S/C6H3N3O7.Ba.H2O.2H/c10-6-4(8(13)14)1-3(7(11)12)2-5(6)9(15)16;;;;/h1-2,10H;;1H2;;/q;+2;;2*-1. The third-order valence-corrected chi connectivity index (χ3v) is 1.66. The Balaban J connectivity index is -0.000000320. The van der Waals surface area contributed by atoms with Crippen molar-refractivity contribution < 1.29 is 28.2 Å². The monoisotopic (exact) mass is 387 g/mol. The van der Waals surface area contributed by atoms with Gasteiger partial charge in [0, 0.05) is 0 Å². The quantitative estimate of drug-likeness (QED) is 0.435. The number of benzene rings is 1. The first-order valence-corrected chi connectivity index (χ1v) is 3.64. The van der Waals surface area contributed by atoms with Crippen LogP contribution in [0, 0.1) is 30.3 Å². The van der Waals surface area contributed by atoms with Gasteiger partial charge in [-0.1, -0.05) is 0 Å². The number of aromatic hydroxyl groups is 1. The van der Waals surface area contributed by atoms with Crippen molar-refractivity contribution in [2.24, 2.45) is 0 Å². The van der Waals surface area contributed by atoms with Crippen LogP contribution in [0.5, 0.6) is 5.75 Å². The Kier molecular flexibility index (Phi) is 7.69. The molecule has 0 aliphatic rings. The van der Waals surface area contributed by atoms with Crippen molar-refractivity contribution in [3.8, 4) is 5.75 Å². The zero-order chi connectivity index (χ0) is 12.5. The molecule has 0 amide bonds. The fourth-order valence-electron chi connectivity index (χ4n) is 0.974. The second-order valence-electron chi connectivity index (χ2n) is 2.60. The van der Waals surface area contributed by atoms with Gasteiger partial charge in [-0.3, -0.25) is 30.3 Å². The summed E-state index contributed by atoms with van der Waals surface area (Å²) in [5.74, 6) is -1.21. The van der Waals surface area contributed by atoms with Crippen LogP contribution in [0.3, 0.4) is 0 Å². The number of hydrogen-bond donors (Lipinski definition) is 1. The van der Waals surface area contributed by atoms with Gasteiger partial charge >= 0.3 is 60.3 Å². The first-order chi connectivity index (χ1) is 7.34. The Labute approximate surface area is 141 Å². The van der Waals surface area contributed by atoms with Crippen LogP contribution in [-0.2, 0) is 0 Å². The SMILES string of the molecule is O.O=[N+]([O-])c1cc([N+](=O)[O-])c(O)c([N+](=O)[O-])c1.[Ba+2].[H-].[H-]. The van der Waals surface area contributed by atoms with Gasteiger partial charge in [-0.2, -0.15) is 0 Å². The van der Waals surface area contributed by atoms with E-state index in [1.54, 1.807) is 0 Å². The van der Waals surface area contributed by atoms with E-state index in [-0.39, 0.29) is 57.2 Å². The molecule has 0 fully saturated rings. The van der Waals surface area contributed by atoms with Gasteiger partial charge in [0.25, 0.3) is 11.4 Å². The molecular weight excluding hydrogens is 379 g/mol. The predicted octanol–water partition coefficient (Wildman–Crippen LogP) is 0.136. The van der Waals surface area contributed by atoms with Crippen molar-refractivity contribution in [2.75, 3.05) is 0 Å². The number of hydrogen-bond acceptors (Lipinski definition) is 7. The maximum Gasteiger partial charge on any atom is 2.00 e. The van der Waals surface area contributed by atoms with Gasteiger partial charge < -0.3 is 13.4 Å². The van der Waals surface area contributed by atoms with E-state index in [1.165, 1.54) is 0 Å². The predicted molar refractivity (Wildman–Crippen MR) is 59.7 cm³/mol. The molecule has 1 aromatic rings. The molecule has 18 heavy (non-hydrogen) atoms. The van der Waals surface area contributed by atoms with Gasteiger partial charge in [0.2, 0.25) is 0 Å². The number of phenolic OH excluding ortho intramolecular Hbond substituents is 1. The number of rotatable bonds is 3. The molecule has 1 aromatic carbocycles. The van der Waals surface area contributed by atoms with E-state index in [0.717, 1.165) is 0 Å². The summed E-state index contributed by atoms with van der Waals surface area (Å²) in [5.41, 5.74) is -3.00. The smallest absolute Gasteiger partial charge is 1.00 e. The fourth-order valence-corrected chi connectivity index (χ4v) is 0.974. The van der Waals surface area contributed by atoms with E-state index < -0.39 is 37.6 Å². The van der Waals surface area contributed by atoms with Crippen LogP contribution >= 0.6 is 0 Å². The van der Waals surface area contributed by atoms with Crippen molar-refractivity contribution >= 4 is 65.9 Å². The number of nitrogens with zero attached hydrogens (tertiary/aromatic N) is 3. The van der Waals surface area contributed by atoms with Gasteiger partial charge in [-0.05, 0) is 0 Å². The summed E-state index contributed by atoms with van der Waals surface area (Å²) in [6.45, 7) is 0. The van der Waals surface area contributed by atoms with Crippen LogP contribution in [0.4, 0.5) is 17.1 Å². The van der Waals surface area contributed by atoms with E-state index >= 15 is 0 Å². The van der Waals surface area contributed by atoms with Crippen LogP contribution in [0.15, 0.2) is 12.1 Å². The Morgan fingerprint density at radius 1 is 0.944 bits per heavy atom. The third-order valence-electron chi connectivity index (χ3n) is 1.66. The Morgan fingerprint density at radius 3 is 1.50 bits per heavy atom. The van der Waals surface area contributed by atoms with Crippen LogP contribution in [0.1, 0.15) is 2.85 Å². The van der Waals surface area contributed by atoms with Crippen LogP contribution in [0.2, 0.25) is 0 Å². The Morgan fingerprint density at radius 2 is 1.28 bits per heavy atom. The van der Waals surface area contributed by atoms with Crippen molar-refractivity contribution in [3.63, 3.8) is 0 Å². The van der Waals surface area contributed by atoms with Crippen molar-refractivity contribution in [1.82, 2.24) is 0 Å². The van der Waals surface area contributed by atoms with E-state index in [2.05, 4.69) is 0 Å². The molecule has 1 rings (SSSR count). The van der Waals surface area contributed by atoms with Crippen molar-refractivity contribution in [2.45, 2.75) is 0 Å². The molecule has 0 radical (unpaired) electrons. The summed E-state index contributed by atoms with van der Waals surface area (Å²) in [6.07, 6.45) is 0. The number of phenols is 1. The Bertz CT molecular complexity index is 478. The maximum atomic E-state index is 10.4. The molecule has 3 N–H and O–H groups in total. The minimum atomic E-state index is -1.21. The number of nitro benzene ring substituents is 3. The maximum absolute atomic E-state index is 10.4. The third kappa shape index (κ3) is 3.90. The molecular formula is C6H7BaN3O8. The van der Waals surface area contributed by atoms with Gasteiger partial charge in [0.05, 0.1) is 26.9 Å². The van der Waals surface area contributed by atoms with Crippen LogP contribution in [-0.4, -0.2) is 74.2 Å². The molecule has 0 aromatic heterocycles. The summed E-state index contributed by atoms with van der Waals surface area (Å²) in [4.78, 5) is 27.8. The van der Waals surface area contributed by atoms with Gasteiger partial charge in [0.15, 0.2) is 0 Å². The average molecular weight is 386 g/mol. The molecule has 0 bridgehead atoms. The van der Waals surface area contributed by atoms with Crippen LogP contribution in [0.25, 0.3) is 0 Å². The second-order valence-corrected chi connectivity index (χ2v) is 2.60. The second kappa shape index (κ2) is 7.24. The summed E-state index contributed by atoms with van der Waals surface area (Å²) >= 11 is 0. The first-order valence-electron chi connectivity index (χ1n) is 3.64. The van der Waals surface area contributed by atoms with E-state index in [1.807, 2.05) is 0 Å². The van der Waals surface area contributed by atoms with Gasteiger partial charge in [0.1, 0.15) is 0 Å². The van der Waals surface area contributed by atoms with E-state index in [9.17, 15) is 30.3 Å². The first kappa shape index (κ1) is 19.1. The van der Waals surface area contributed by atoms with E-state index in [4.69, 9.17) is 5.11 Å². The topological polar surface area (TPSA) is 181 Å². The summed E-state index contributed by atoms with van der Waals surface area (Å²) in [7, 11) is 0. The minimum absolute atomic E-state index is 0. The van der Waals surface area contributed by atoms with Crippen molar-refractivity contribution in [3.05, 3.63) is 42.5 Å². The molecule has 0 atom stereocenters. The fraction of sp³-hybridized carbons (Fsp3) is 0. The molecule has 0 saturated heterocycles. The largest absolute Gasteiger partial charge is 2.00 e. The normalized spacial score (nSPS) is 8.67. The van der Waals surface area contributed by atoms with Gasteiger partial charge in [-0.15, -0.1) is 0 Å². The zero-order valence-corrected chi connectivity index (χ0v) is 13.0. The summed E-state index contributed by atoms with van der Waals surface area (Å²) in [6, 6.07) is 0.894. The molecule has 96 valence electrons. The zero-order valence-electron chi connectivity index (χ0n) is 10.6. The molecule has 0 saturated carbocycles. The van der Waals surface area contributed by atoms with Crippen LogP contribution < -0.4 is 0 Å². The molecule has 12 heteroatoms. The molecule has 0 spiro atoms.